The Labute approximate surface area is 82.8 Å². The van der Waals surface area contributed by atoms with E-state index in [2.05, 4.69) is 54.6 Å². The fourth-order valence-electron chi connectivity index (χ4n) is 1.77. The second-order valence-electron chi connectivity index (χ2n) is 5.00. The Morgan fingerprint density at radius 1 is 1.00 bits per heavy atom. The van der Waals surface area contributed by atoms with Crippen molar-refractivity contribution in [2.45, 2.75) is 40.0 Å². The Balaban J connectivity index is 3.32. The molecule has 0 radical (unpaired) electrons. The molecule has 1 aromatic rings. The zero-order chi connectivity index (χ0) is 10.2. The first-order valence-corrected chi connectivity index (χ1v) is 4.90. The minimum Gasteiger partial charge on any atom is -0.0858 e. The maximum Gasteiger partial charge on any atom is 0.139 e. The fraction of sp³-hybridized carbons (Fsp3) is 0.500. The van der Waals surface area contributed by atoms with E-state index < -0.39 is 0 Å². The van der Waals surface area contributed by atoms with Crippen LogP contribution in [-0.2, 0) is 5.41 Å². The lowest BCUT2D eigenvalue weighted by Gasteiger charge is -2.23. The second kappa shape index (κ2) is 3.21. The van der Waals surface area contributed by atoms with E-state index in [9.17, 15) is 0 Å². The molecule has 0 atom stereocenters. The van der Waals surface area contributed by atoms with Crippen molar-refractivity contribution in [3.05, 3.63) is 28.8 Å². The standard InChI is InChI=1S/C12H19B/c1-8-6-9(2)11(13)7-10(8)12(3,4)5/h6-7H,13H2,1-5H3. The molecule has 0 heterocycles. The van der Waals surface area contributed by atoms with E-state index in [1.54, 1.807) is 0 Å². The summed E-state index contributed by atoms with van der Waals surface area (Å²) in [4.78, 5) is 0. The number of aryl methyl sites for hydroxylation is 2. The van der Waals surface area contributed by atoms with Crippen molar-refractivity contribution >= 4 is 13.3 Å². The van der Waals surface area contributed by atoms with Crippen molar-refractivity contribution in [2.75, 3.05) is 0 Å². The summed E-state index contributed by atoms with van der Waals surface area (Å²) in [5, 5.41) is 0. The molecular formula is C12H19B. The van der Waals surface area contributed by atoms with Gasteiger partial charge in [0.2, 0.25) is 0 Å². The first-order valence-electron chi connectivity index (χ1n) is 4.90. The topological polar surface area (TPSA) is 0 Å². The lowest BCUT2D eigenvalue weighted by Crippen LogP contribution is -2.18. The Bertz CT molecular complexity index is 319. The van der Waals surface area contributed by atoms with Gasteiger partial charge in [0, 0.05) is 0 Å². The normalized spacial score (nSPS) is 11.8. The van der Waals surface area contributed by atoms with Gasteiger partial charge in [-0.25, -0.2) is 0 Å². The summed E-state index contributed by atoms with van der Waals surface area (Å²) in [6.45, 7) is 11.2. The largest absolute Gasteiger partial charge is 0.139 e. The van der Waals surface area contributed by atoms with Gasteiger partial charge in [-0.2, -0.15) is 0 Å². The summed E-state index contributed by atoms with van der Waals surface area (Å²) in [5.41, 5.74) is 5.94. The quantitative estimate of drug-likeness (QED) is 0.526. The molecule has 1 aromatic carbocycles. The minimum absolute atomic E-state index is 0.266. The predicted molar refractivity (Wildman–Crippen MR) is 62.8 cm³/mol. The van der Waals surface area contributed by atoms with E-state index in [0.29, 0.717) is 0 Å². The van der Waals surface area contributed by atoms with E-state index in [0.717, 1.165) is 0 Å². The summed E-state index contributed by atoms with van der Waals surface area (Å²) in [7, 11) is 2.18. The van der Waals surface area contributed by atoms with Gasteiger partial charge in [0.25, 0.3) is 0 Å². The van der Waals surface area contributed by atoms with Crippen LogP contribution in [0.2, 0.25) is 0 Å². The molecule has 0 aliphatic heterocycles. The molecular weight excluding hydrogens is 155 g/mol. The molecule has 0 aromatic heterocycles. The Hall–Kier alpha value is -0.715. The van der Waals surface area contributed by atoms with Crippen molar-refractivity contribution in [1.29, 1.82) is 0 Å². The third kappa shape index (κ3) is 2.15. The summed E-state index contributed by atoms with van der Waals surface area (Å²) >= 11 is 0. The second-order valence-corrected chi connectivity index (χ2v) is 5.00. The highest BCUT2D eigenvalue weighted by molar-refractivity contribution is 6.33. The first kappa shape index (κ1) is 10.4. The van der Waals surface area contributed by atoms with Gasteiger partial charge in [0.05, 0.1) is 0 Å². The van der Waals surface area contributed by atoms with Crippen LogP contribution in [0.5, 0.6) is 0 Å². The van der Waals surface area contributed by atoms with Crippen LogP contribution >= 0.6 is 0 Å². The van der Waals surface area contributed by atoms with Crippen molar-refractivity contribution in [1.82, 2.24) is 0 Å². The Morgan fingerprint density at radius 2 is 1.54 bits per heavy atom. The lowest BCUT2D eigenvalue weighted by atomic mass is 9.79. The van der Waals surface area contributed by atoms with E-state index in [-0.39, 0.29) is 5.41 Å². The monoisotopic (exact) mass is 174 g/mol. The smallest absolute Gasteiger partial charge is 0.0858 e. The molecule has 0 nitrogen and oxygen atoms in total. The van der Waals surface area contributed by atoms with E-state index >= 15 is 0 Å². The number of benzene rings is 1. The van der Waals surface area contributed by atoms with Gasteiger partial charge in [-0.15, -0.1) is 0 Å². The van der Waals surface area contributed by atoms with Crippen molar-refractivity contribution < 1.29 is 0 Å². The molecule has 0 aliphatic carbocycles. The van der Waals surface area contributed by atoms with Crippen LogP contribution in [0.25, 0.3) is 0 Å². The summed E-state index contributed by atoms with van der Waals surface area (Å²) in [6.07, 6.45) is 0. The molecule has 13 heavy (non-hydrogen) atoms. The van der Waals surface area contributed by atoms with Gasteiger partial charge in [-0.05, 0) is 30.4 Å². The minimum atomic E-state index is 0.266. The molecule has 0 fully saturated rings. The van der Waals surface area contributed by atoms with E-state index in [1.165, 1.54) is 22.2 Å². The zero-order valence-corrected chi connectivity index (χ0v) is 9.65. The van der Waals surface area contributed by atoms with Crippen LogP contribution in [-0.4, -0.2) is 7.85 Å². The molecule has 0 saturated heterocycles. The molecule has 0 saturated carbocycles. The third-order valence-electron chi connectivity index (χ3n) is 2.65. The fourth-order valence-corrected chi connectivity index (χ4v) is 1.77. The summed E-state index contributed by atoms with van der Waals surface area (Å²) in [6, 6.07) is 4.61. The molecule has 0 N–H and O–H groups in total. The predicted octanol–water partition coefficient (Wildman–Crippen LogP) is 1.86. The van der Waals surface area contributed by atoms with Crippen LogP contribution in [0.1, 0.15) is 37.5 Å². The molecule has 0 spiro atoms. The maximum atomic E-state index is 2.32. The van der Waals surface area contributed by atoms with Crippen molar-refractivity contribution in [2.24, 2.45) is 0 Å². The SMILES string of the molecule is Bc1cc(C(C)(C)C)c(C)cc1C. The molecule has 1 rings (SSSR count). The van der Waals surface area contributed by atoms with Crippen molar-refractivity contribution in [3.63, 3.8) is 0 Å². The van der Waals surface area contributed by atoms with Gasteiger partial charge in [-0.3, -0.25) is 0 Å². The molecule has 70 valence electrons. The van der Waals surface area contributed by atoms with Gasteiger partial charge < -0.3 is 0 Å². The highest BCUT2D eigenvalue weighted by atomic mass is 14.2. The molecule has 0 amide bonds. The highest BCUT2D eigenvalue weighted by Gasteiger charge is 2.16. The Kier molecular flexibility index (Phi) is 2.56. The van der Waals surface area contributed by atoms with E-state index in [1.807, 2.05) is 0 Å². The number of rotatable bonds is 0. The van der Waals surface area contributed by atoms with Crippen LogP contribution in [0.3, 0.4) is 0 Å². The molecule has 0 bridgehead atoms. The average molecular weight is 174 g/mol. The number of hydrogen-bond acceptors (Lipinski definition) is 0. The Morgan fingerprint density at radius 3 is 2.00 bits per heavy atom. The van der Waals surface area contributed by atoms with Gasteiger partial charge in [0.15, 0.2) is 0 Å². The molecule has 1 heteroatoms. The van der Waals surface area contributed by atoms with Gasteiger partial charge in [0.1, 0.15) is 7.85 Å². The van der Waals surface area contributed by atoms with Crippen molar-refractivity contribution in [3.8, 4) is 0 Å². The third-order valence-corrected chi connectivity index (χ3v) is 2.65. The lowest BCUT2D eigenvalue weighted by molar-refractivity contribution is 0.586. The van der Waals surface area contributed by atoms with Crippen LogP contribution in [0.15, 0.2) is 12.1 Å². The summed E-state index contributed by atoms with van der Waals surface area (Å²) < 4.78 is 0. The van der Waals surface area contributed by atoms with Crippen LogP contribution in [0.4, 0.5) is 0 Å². The molecule has 0 aliphatic rings. The maximum absolute atomic E-state index is 2.32. The van der Waals surface area contributed by atoms with Gasteiger partial charge >= 0.3 is 0 Å². The highest BCUT2D eigenvalue weighted by Crippen LogP contribution is 2.24. The van der Waals surface area contributed by atoms with Crippen LogP contribution in [0, 0.1) is 13.8 Å². The number of hydrogen-bond donors (Lipinski definition) is 0. The average Bonchev–Trinajstić information content (AvgIpc) is 1.94. The van der Waals surface area contributed by atoms with Crippen LogP contribution < -0.4 is 5.46 Å². The summed E-state index contributed by atoms with van der Waals surface area (Å²) in [5.74, 6) is 0. The van der Waals surface area contributed by atoms with E-state index in [4.69, 9.17) is 0 Å². The zero-order valence-electron chi connectivity index (χ0n) is 9.65. The molecule has 0 unspecified atom stereocenters. The first-order chi connectivity index (χ1) is 5.82. The van der Waals surface area contributed by atoms with Gasteiger partial charge in [-0.1, -0.05) is 43.9 Å².